The van der Waals surface area contributed by atoms with Crippen molar-refractivity contribution in [1.29, 1.82) is 0 Å². The van der Waals surface area contributed by atoms with Crippen LogP contribution >= 0.6 is 0 Å². The van der Waals surface area contributed by atoms with Crippen molar-refractivity contribution in [1.82, 2.24) is 0 Å². The van der Waals surface area contributed by atoms with Crippen LogP contribution in [0, 0.1) is 17.0 Å². The molecule has 0 saturated carbocycles. The highest BCUT2D eigenvalue weighted by molar-refractivity contribution is 6.04. The van der Waals surface area contributed by atoms with E-state index in [2.05, 4.69) is 5.32 Å². The third-order valence-corrected chi connectivity index (χ3v) is 4.42. The average Bonchev–Trinajstić information content (AvgIpc) is 2.62. The molecule has 0 aliphatic carbocycles. The molecule has 0 atom stereocenters. The number of aryl methyl sites for hydroxylation is 1. The maximum atomic E-state index is 12.3. The first-order valence-electron chi connectivity index (χ1n) is 8.42. The molecular weight excluding hydrogens is 334 g/mol. The van der Waals surface area contributed by atoms with E-state index >= 15 is 0 Å². The van der Waals surface area contributed by atoms with E-state index in [4.69, 9.17) is 0 Å². The highest BCUT2D eigenvalue weighted by atomic mass is 16.6. The van der Waals surface area contributed by atoms with Crippen LogP contribution in [0.25, 0.3) is 0 Å². The van der Waals surface area contributed by atoms with Gasteiger partial charge in [-0.05, 0) is 56.2 Å². The molecule has 0 unspecified atom stereocenters. The fourth-order valence-corrected chi connectivity index (χ4v) is 3.01. The third kappa shape index (κ3) is 3.72. The zero-order chi connectivity index (χ0) is 18.7. The average molecular weight is 353 g/mol. The molecular formula is C19H19N3O4. The van der Waals surface area contributed by atoms with Gasteiger partial charge in [0.25, 0.3) is 11.6 Å². The fraction of sp³-hybridized carbons (Fsp3) is 0.263. The fourth-order valence-electron chi connectivity index (χ4n) is 3.01. The molecule has 2 aromatic carbocycles. The second kappa shape index (κ2) is 7.35. The molecule has 1 aliphatic heterocycles. The van der Waals surface area contributed by atoms with Crippen LogP contribution in [-0.2, 0) is 4.79 Å². The molecule has 3 rings (SSSR count). The summed E-state index contributed by atoms with van der Waals surface area (Å²) in [5.74, 6) is -0.223. The van der Waals surface area contributed by atoms with Crippen molar-refractivity contribution in [3.8, 4) is 0 Å². The Hall–Kier alpha value is -3.22. The molecule has 2 amide bonds. The number of rotatable bonds is 4. The van der Waals surface area contributed by atoms with Crippen LogP contribution < -0.4 is 10.2 Å². The third-order valence-electron chi connectivity index (χ3n) is 4.42. The van der Waals surface area contributed by atoms with E-state index in [1.54, 1.807) is 36.1 Å². The number of anilines is 2. The van der Waals surface area contributed by atoms with Gasteiger partial charge in [0, 0.05) is 41.5 Å². The van der Waals surface area contributed by atoms with Crippen molar-refractivity contribution in [3.05, 3.63) is 63.7 Å². The number of carbonyl (C=O) groups excluding carboxylic acids is 2. The summed E-state index contributed by atoms with van der Waals surface area (Å²) in [6, 6.07) is 11.4. The number of nitro groups is 1. The summed E-state index contributed by atoms with van der Waals surface area (Å²) in [5.41, 5.74) is 2.18. The molecule has 0 spiro atoms. The summed E-state index contributed by atoms with van der Waals surface area (Å²) in [6.07, 6.45) is 2.49. The second-order valence-electron chi connectivity index (χ2n) is 6.26. The van der Waals surface area contributed by atoms with Crippen molar-refractivity contribution >= 4 is 28.9 Å². The maximum absolute atomic E-state index is 12.3. The van der Waals surface area contributed by atoms with Crippen molar-refractivity contribution in [2.24, 2.45) is 0 Å². The van der Waals surface area contributed by atoms with Gasteiger partial charge in [-0.15, -0.1) is 0 Å². The Labute approximate surface area is 150 Å². The van der Waals surface area contributed by atoms with Crippen molar-refractivity contribution in [2.45, 2.75) is 26.2 Å². The summed E-state index contributed by atoms with van der Waals surface area (Å²) in [7, 11) is 0. The number of hydrogen-bond acceptors (Lipinski definition) is 4. The topological polar surface area (TPSA) is 92.6 Å². The summed E-state index contributed by atoms with van der Waals surface area (Å²) in [6.45, 7) is 2.31. The smallest absolute Gasteiger partial charge is 0.272 e. The normalized spacial score (nSPS) is 14.2. The number of amides is 2. The lowest BCUT2D eigenvalue weighted by molar-refractivity contribution is -0.385. The minimum Gasteiger partial charge on any atom is -0.322 e. The number of hydrogen-bond donors (Lipinski definition) is 1. The molecule has 1 saturated heterocycles. The number of benzene rings is 2. The molecule has 7 nitrogen and oxygen atoms in total. The van der Waals surface area contributed by atoms with Crippen LogP contribution in [-0.4, -0.2) is 23.3 Å². The van der Waals surface area contributed by atoms with E-state index in [1.165, 1.54) is 18.2 Å². The predicted molar refractivity (Wildman–Crippen MR) is 98.4 cm³/mol. The molecule has 1 heterocycles. The lowest BCUT2D eigenvalue weighted by atomic mass is 10.1. The van der Waals surface area contributed by atoms with Crippen LogP contribution in [0.5, 0.6) is 0 Å². The lowest BCUT2D eigenvalue weighted by Crippen LogP contribution is -2.35. The highest BCUT2D eigenvalue weighted by Gasteiger charge is 2.19. The van der Waals surface area contributed by atoms with Crippen LogP contribution in [0.2, 0.25) is 0 Å². The van der Waals surface area contributed by atoms with Gasteiger partial charge < -0.3 is 10.2 Å². The van der Waals surface area contributed by atoms with E-state index < -0.39 is 4.92 Å². The van der Waals surface area contributed by atoms with Crippen LogP contribution in [0.15, 0.2) is 42.5 Å². The van der Waals surface area contributed by atoms with Crippen LogP contribution in [0.1, 0.15) is 35.2 Å². The van der Waals surface area contributed by atoms with E-state index in [0.29, 0.717) is 29.8 Å². The van der Waals surface area contributed by atoms with E-state index in [0.717, 1.165) is 18.5 Å². The summed E-state index contributed by atoms with van der Waals surface area (Å²) >= 11 is 0. The van der Waals surface area contributed by atoms with E-state index in [1.807, 2.05) is 0 Å². The van der Waals surface area contributed by atoms with Crippen LogP contribution in [0.4, 0.5) is 17.1 Å². The van der Waals surface area contributed by atoms with Gasteiger partial charge in [0.05, 0.1) is 4.92 Å². The molecule has 1 N–H and O–H groups in total. The zero-order valence-electron chi connectivity index (χ0n) is 14.4. The van der Waals surface area contributed by atoms with Gasteiger partial charge in [-0.1, -0.05) is 0 Å². The quantitative estimate of drug-likeness (QED) is 0.670. The van der Waals surface area contributed by atoms with Crippen LogP contribution in [0.3, 0.4) is 0 Å². The van der Waals surface area contributed by atoms with Gasteiger partial charge in [0.15, 0.2) is 0 Å². The second-order valence-corrected chi connectivity index (χ2v) is 6.26. The Kier molecular flexibility index (Phi) is 4.97. The maximum Gasteiger partial charge on any atom is 0.272 e. The minimum absolute atomic E-state index is 0.0166. The SMILES string of the molecule is Cc1cc(C(=O)Nc2ccc(N3CCCCC3=O)cc2)ccc1[N+](=O)[O-]. The monoisotopic (exact) mass is 353 g/mol. The molecule has 2 aromatic rings. The summed E-state index contributed by atoms with van der Waals surface area (Å²) < 4.78 is 0. The molecule has 0 radical (unpaired) electrons. The summed E-state index contributed by atoms with van der Waals surface area (Å²) in [5, 5.41) is 13.6. The van der Waals surface area contributed by atoms with Crippen molar-refractivity contribution in [2.75, 3.05) is 16.8 Å². The van der Waals surface area contributed by atoms with Gasteiger partial charge in [0.2, 0.25) is 5.91 Å². The van der Waals surface area contributed by atoms with Gasteiger partial charge >= 0.3 is 0 Å². The van der Waals surface area contributed by atoms with E-state index in [9.17, 15) is 19.7 Å². The standard InChI is InChI=1S/C19H19N3O4/c1-13-12-14(5-10-17(13)22(25)26)19(24)20-15-6-8-16(9-7-15)21-11-3-2-4-18(21)23/h5-10,12H,2-4,11H2,1H3,(H,20,24). The van der Waals surface area contributed by atoms with Gasteiger partial charge in [0.1, 0.15) is 0 Å². The Morgan fingerprint density at radius 3 is 2.50 bits per heavy atom. The highest BCUT2D eigenvalue weighted by Crippen LogP contribution is 2.23. The largest absolute Gasteiger partial charge is 0.322 e. The first kappa shape index (κ1) is 17.6. The van der Waals surface area contributed by atoms with Crippen molar-refractivity contribution < 1.29 is 14.5 Å². The molecule has 1 fully saturated rings. The molecule has 0 bridgehead atoms. The minimum atomic E-state index is -0.475. The predicted octanol–water partition coefficient (Wildman–Crippen LogP) is 3.67. The number of nitrogens with one attached hydrogen (secondary N) is 1. The molecule has 0 aromatic heterocycles. The molecule has 7 heteroatoms. The zero-order valence-corrected chi connectivity index (χ0v) is 14.4. The first-order valence-corrected chi connectivity index (χ1v) is 8.42. The Morgan fingerprint density at radius 1 is 1.15 bits per heavy atom. The Balaban J connectivity index is 1.71. The van der Waals surface area contributed by atoms with Gasteiger partial charge in [-0.25, -0.2) is 0 Å². The summed E-state index contributed by atoms with van der Waals surface area (Å²) in [4.78, 5) is 36.4. The number of piperidine rings is 1. The van der Waals surface area contributed by atoms with Gasteiger partial charge in [-0.3, -0.25) is 19.7 Å². The Bertz CT molecular complexity index is 862. The molecule has 134 valence electrons. The van der Waals surface area contributed by atoms with E-state index in [-0.39, 0.29) is 17.5 Å². The molecule has 1 aliphatic rings. The number of nitro benzene ring substituents is 1. The number of nitrogens with zero attached hydrogens (tertiary/aromatic N) is 2. The molecule has 26 heavy (non-hydrogen) atoms. The number of carbonyl (C=O) groups is 2. The first-order chi connectivity index (χ1) is 12.5. The Morgan fingerprint density at radius 2 is 1.88 bits per heavy atom. The van der Waals surface area contributed by atoms with Crippen molar-refractivity contribution in [3.63, 3.8) is 0 Å². The lowest BCUT2D eigenvalue weighted by Gasteiger charge is -2.26. The van der Waals surface area contributed by atoms with Gasteiger partial charge in [-0.2, -0.15) is 0 Å².